The molecule has 0 fully saturated rings. The number of carboxylic acid groups (broad SMARTS) is 1. The number of carboxylic acids is 1. The Kier molecular flexibility index (Phi) is 28.4. The summed E-state index contributed by atoms with van der Waals surface area (Å²) in [6.45, 7) is 2.70. The van der Waals surface area contributed by atoms with E-state index in [1.54, 1.807) is 0 Å². The van der Waals surface area contributed by atoms with Crippen molar-refractivity contribution in [2.75, 3.05) is 19.8 Å². The van der Waals surface area contributed by atoms with Gasteiger partial charge in [0.1, 0.15) is 12.6 Å². The van der Waals surface area contributed by atoms with Crippen LogP contribution in [0.1, 0.15) is 149 Å². The minimum Gasteiger partial charge on any atom is -0.480 e. The highest BCUT2D eigenvalue weighted by atomic mass is 31.2. The van der Waals surface area contributed by atoms with Gasteiger partial charge in [0.05, 0.1) is 13.2 Å². The van der Waals surface area contributed by atoms with Gasteiger partial charge in [-0.3, -0.25) is 23.4 Å². The third-order valence-corrected chi connectivity index (χ3v) is 8.21. The van der Waals surface area contributed by atoms with Crippen LogP contribution in [0.15, 0.2) is 12.2 Å². The summed E-state index contributed by atoms with van der Waals surface area (Å²) in [7, 11) is -4.70. The summed E-state index contributed by atoms with van der Waals surface area (Å²) in [5.74, 6) is -2.40. The summed E-state index contributed by atoms with van der Waals surface area (Å²) in [6.07, 6.45) is 24.5. The number of rotatable bonds is 32. The average Bonchev–Trinajstić information content (AvgIpc) is 3.00. The fraction of sp³-hybridized carbons (Fsp3) is 0.848. The lowest BCUT2D eigenvalue weighted by Gasteiger charge is -2.20. The van der Waals surface area contributed by atoms with Crippen molar-refractivity contribution in [3.63, 3.8) is 0 Å². The summed E-state index contributed by atoms with van der Waals surface area (Å²) in [4.78, 5) is 45.4. The number of hydrogen-bond donors (Lipinski definition) is 3. The molecule has 0 aromatic carbocycles. The van der Waals surface area contributed by atoms with Crippen LogP contribution in [0.25, 0.3) is 0 Å². The van der Waals surface area contributed by atoms with Crippen LogP contribution in [0.4, 0.5) is 0 Å². The summed E-state index contributed by atoms with van der Waals surface area (Å²) in [5.41, 5.74) is 5.29. The molecule has 0 heterocycles. The molecule has 0 amide bonds. The summed E-state index contributed by atoms with van der Waals surface area (Å²) in [6, 6.07) is -1.52. The Morgan fingerprint density at radius 3 is 1.62 bits per heavy atom. The molecule has 0 saturated carbocycles. The predicted octanol–water partition coefficient (Wildman–Crippen LogP) is 7.78. The molecule has 0 bridgehead atoms. The van der Waals surface area contributed by atoms with Crippen LogP contribution in [-0.4, -0.2) is 59.9 Å². The number of ether oxygens (including phenoxy) is 2. The standard InChI is InChI=1S/C33H62NO10P/c1-3-5-7-9-11-12-13-14-15-16-17-19-21-23-25-32(36)44-29(27-42-45(39,40)43-28-30(34)33(37)38)26-41-31(35)24-22-20-18-10-8-6-4-2/h13-14,29-30H,3-12,15-28,34H2,1-2H3,(H,37,38)(H,39,40)/b14-13+/t29-,30-/m0/s1. The smallest absolute Gasteiger partial charge is 0.472 e. The van der Waals surface area contributed by atoms with Gasteiger partial charge in [-0.05, 0) is 38.5 Å². The number of hydrogen-bond acceptors (Lipinski definition) is 9. The zero-order valence-electron chi connectivity index (χ0n) is 28.0. The molecule has 45 heavy (non-hydrogen) atoms. The lowest BCUT2D eigenvalue weighted by molar-refractivity contribution is -0.161. The second-order valence-electron chi connectivity index (χ2n) is 11.7. The number of allylic oxidation sites excluding steroid dienone is 2. The topological polar surface area (TPSA) is 172 Å². The molecular weight excluding hydrogens is 601 g/mol. The Hall–Kier alpha value is -1.78. The number of nitrogens with two attached hydrogens (primary N) is 1. The molecule has 0 aromatic heterocycles. The molecule has 264 valence electrons. The van der Waals surface area contributed by atoms with Gasteiger partial charge in [0.15, 0.2) is 6.10 Å². The van der Waals surface area contributed by atoms with E-state index >= 15 is 0 Å². The Labute approximate surface area is 271 Å². The van der Waals surface area contributed by atoms with Gasteiger partial charge in [-0.25, -0.2) is 4.57 Å². The zero-order chi connectivity index (χ0) is 33.6. The second-order valence-corrected chi connectivity index (χ2v) is 13.1. The number of carbonyl (C=O) groups excluding carboxylic acids is 2. The fourth-order valence-electron chi connectivity index (χ4n) is 4.47. The molecule has 12 heteroatoms. The van der Waals surface area contributed by atoms with E-state index in [9.17, 15) is 23.8 Å². The van der Waals surface area contributed by atoms with E-state index in [4.69, 9.17) is 24.8 Å². The van der Waals surface area contributed by atoms with Gasteiger partial charge in [-0.1, -0.05) is 109 Å². The maximum atomic E-state index is 12.5. The Morgan fingerprint density at radius 2 is 1.11 bits per heavy atom. The molecule has 4 N–H and O–H groups in total. The van der Waals surface area contributed by atoms with Gasteiger partial charge in [-0.2, -0.15) is 0 Å². The largest absolute Gasteiger partial charge is 0.480 e. The van der Waals surface area contributed by atoms with E-state index in [2.05, 4.69) is 30.5 Å². The number of carbonyl (C=O) groups is 3. The van der Waals surface area contributed by atoms with Crippen molar-refractivity contribution in [1.82, 2.24) is 0 Å². The third-order valence-electron chi connectivity index (χ3n) is 7.26. The van der Waals surface area contributed by atoms with E-state index < -0.39 is 51.1 Å². The summed E-state index contributed by atoms with van der Waals surface area (Å²) >= 11 is 0. The lowest BCUT2D eigenvalue weighted by Crippen LogP contribution is -2.34. The summed E-state index contributed by atoms with van der Waals surface area (Å²) < 4.78 is 32.3. The molecule has 0 aliphatic heterocycles. The first-order valence-corrected chi connectivity index (χ1v) is 18.7. The molecule has 1 unspecified atom stereocenters. The summed E-state index contributed by atoms with van der Waals surface area (Å²) in [5, 5.41) is 8.82. The van der Waals surface area contributed by atoms with E-state index in [0.717, 1.165) is 57.8 Å². The van der Waals surface area contributed by atoms with E-state index in [0.29, 0.717) is 12.8 Å². The van der Waals surface area contributed by atoms with Crippen molar-refractivity contribution in [2.45, 2.75) is 161 Å². The van der Waals surface area contributed by atoms with Gasteiger partial charge >= 0.3 is 25.7 Å². The highest BCUT2D eigenvalue weighted by Gasteiger charge is 2.28. The van der Waals surface area contributed by atoms with Crippen molar-refractivity contribution < 1.29 is 47.5 Å². The van der Waals surface area contributed by atoms with Crippen molar-refractivity contribution in [3.8, 4) is 0 Å². The van der Waals surface area contributed by atoms with E-state index in [-0.39, 0.29) is 19.4 Å². The van der Waals surface area contributed by atoms with Crippen LogP contribution >= 0.6 is 7.82 Å². The van der Waals surface area contributed by atoms with Crippen molar-refractivity contribution in [1.29, 1.82) is 0 Å². The normalized spacial score (nSPS) is 14.2. The van der Waals surface area contributed by atoms with Gasteiger partial charge in [-0.15, -0.1) is 0 Å². The quantitative estimate of drug-likeness (QED) is 0.0278. The van der Waals surface area contributed by atoms with Crippen LogP contribution in [0.3, 0.4) is 0 Å². The molecule has 0 spiro atoms. The van der Waals surface area contributed by atoms with Crippen LogP contribution in [0.2, 0.25) is 0 Å². The van der Waals surface area contributed by atoms with E-state index in [1.165, 1.54) is 51.4 Å². The first-order valence-electron chi connectivity index (χ1n) is 17.2. The number of unbranched alkanes of at least 4 members (excludes halogenated alkanes) is 16. The fourth-order valence-corrected chi connectivity index (χ4v) is 5.25. The van der Waals surface area contributed by atoms with Crippen LogP contribution in [0, 0.1) is 0 Å². The monoisotopic (exact) mass is 663 g/mol. The molecule has 0 radical (unpaired) electrons. The average molecular weight is 664 g/mol. The lowest BCUT2D eigenvalue weighted by atomic mass is 10.1. The predicted molar refractivity (Wildman–Crippen MR) is 176 cm³/mol. The number of phosphoric acid groups is 1. The zero-order valence-corrected chi connectivity index (χ0v) is 28.9. The maximum Gasteiger partial charge on any atom is 0.472 e. The van der Waals surface area contributed by atoms with Gasteiger partial charge in [0.2, 0.25) is 0 Å². The molecule has 0 aliphatic carbocycles. The number of phosphoric ester groups is 1. The minimum absolute atomic E-state index is 0.154. The first-order chi connectivity index (χ1) is 21.6. The molecule has 0 saturated heterocycles. The maximum absolute atomic E-state index is 12.5. The van der Waals surface area contributed by atoms with Gasteiger partial charge in [0, 0.05) is 12.8 Å². The SMILES string of the molecule is CCCCCCC/C=C/CCCCCCCC(=O)O[C@@H](COC(=O)CCCCCCCCC)COP(=O)(O)OC[C@H](N)C(=O)O. The number of aliphatic carboxylic acids is 1. The Morgan fingerprint density at radius 1 is 0.667 bits per heavy atom. The van der Waals surface area contributed by atoms with E-state index in [1.807, 2.05) is 0 Å². The molecular formula is C33H62NO10P. The molecule has 0 aliphatic rings. The highest BCUT2D eigenvalue weighted by molar-refractivity contribution is 7.47. The van der Waals surface area contributed by atoms with Gasteiger partial charge < -0.3 is 25.2 Å². The van der Waals surface area contributed by atoms with Crippen LogP contribution < -0.4 is 5.73 Å². The van der Waals surface area contributed by atoms with Crippen LogP contribution in [-0.2, 0) is 37.5 Å². The number of esters is 2. The Bertz CT molecular complexity index is 838. The second kappa shape index (κ2) is 29.6. The molecule has 3 atom stereocenters. The van der Waals surface area contributed by atoms with Crippen molar-refractivity contribution in [2.24, 2.45) is 5.73 Å². The molecule has 0 aromatic rings. The Balaban J connectivity index is 4.47. The first kappa shape index (κ1) is 43.2. The van der Waals surface area contributed by atoms with Crippen molar-refractivity contribution in [3.05, 3.63) is 12.2 Å². The van der Waals surface area contributed by atoms with Crippen molar-refractivity contribution >= 4 is 25.7 Å². The van der Waals surface area contributed by atoms with Crippen LogP contribution in [0.5, 0.6) is 0 Å². The van der Waals surface area contributed by atoms with Gasteiger partial charge in [0.25, 0.3) is 0 Å². The molecule has 11 nitrogen and oxygen atoms in total. The minimum atomic E-state index is -4.70. The highest BCUT2D eigenvalue weighted by Crippen LogP contribution is 2.43. The third kappa shape index (κ3) is 29.4. The molecule has 0 rings (SSSR count).